The molecule has 0 bridgehead atoms. The quantitative estimate of drug-likeness (QED) is 0.615. The average Bonchev–Trinajstić information content (AvgIpc) is 2.36. The van der Waals surface area contributed by atoms with Crippen molar-refractivity contribution in [3.63, 3.8) is 0 Å². The van der Waals surface area contributed by atoms with E-state index in [2.05, 4.69) is 15.9 Å². The lowest BCUT2D eigenvalue weighted by molar-refractivity contribution is 0.122. The van der Waals surface area contributed by atoms with E-state index in [-0.39, 0.29) is 16.6 Å². The van der Waals surface area contributed by atoms with Crippen LogP contribution in [0.5, 0.6) is 0 Å². The SMILES string of the molecule is Fc1cc(N2CCOCC2)c(F)c(CBr)c1F. The summed E-state index contributed by atoms with van der Waals surface area (Å²) in [4.78, 5) is 1.66. The predicted octanol–water partition coefficient (Wildman–Crippen LogP) is 2.84. The Bertz CT molecular complexity index is 422. The molecule has 17 heavy (non-hydrogen) atoms. The maximum atomic E-state index is 14.0. The zero-order valence-electron chi connectivity index (χ0n) is 8.98. The Morgan fingerprint density at radius 2 is 1.82 bits per heavy atom. The smallest absolute Gasteiger partial charge is 0.165 e. The lowest BCUT2D eigenvalue weighted by Gasteiger charge is -2.29. The minimum atomic E-state index is -1.13. The molecule has 94 valence electrons. The van der Waals surface area contributed by atoms with Gasteiger partial charge in [0, 0.05) is 30.0 Å². The summed E-state index contributed by atoms with van der Waals surface area (Å²) in [6, 6.07) is 0.905. The van der Waals surface area contributed by atoms with E-state index < -0.39 is 17.5 Å². The van der Waals surface area contributed by atoms with E-state index in [4.69, 9.17) is 4.74 Å². The molecule has 0 atom stereocenters. The van der Waals surface area contributed by atoms with Crippen molar-refractivity contribution < 1.29 is 17.9 Å². The van der Waals surface area contributed by atoms with Crippen LogP contribution in [-0.2, 0) is 10.1 Å². The first kappa shape index (κ1) is 12.7. The van der Waals surface area contributed by atoms with Gasteiger partial charge in [-0.1, -0.05) is 15.9 Å². The van der Waals surface area contributed by atoms with Crippen LogP contribution >= 0.6 is 15.9 Å². The molecule has 0 aromatic heterocycles. The molecule has 1 aromatic carbocycles. The van der Waals surface area contributed by atoms with Crippen LogP contribution < -0.4 is 4.90 Å². The van der Waals surface area contributed by atoms with Crippen LogP contribution in [0.1, 0.15) is 5.56 Å². The summed E-state index contributed by atoms with van der Waals surface area (Å²) in [7, 11) is 0. The minimum Gasteiger partial charge on any atom is -0.378 e. The Labute approximate surface area is 105 Å². The van der Waals surface area contributed by atoms with E-state index in [0.29, 0.717) is 26.3 Å². The lowest BCUT2D eigenvalue weighted by Crippen LogP contribution is -2.37. The van der Waals surface area contributed by atoms with Gasteiger partial charge in [-0.2, -0.15) is 0 Å². The molecule has 1 aliphatic heterocycles. The van der Waals surface area contributed by atoms with Crippen molar-refractivity contribution in [1.82, 2.24) is 0 Å². The van der Waals surface area contributed by atoms with E-state index in [9.17, 15) is 13.2 Å². The van der Waals surface area contributed by atoms with Crippen LogP contribution in [0.3, 0.4) is 0 Å². The second-order valence-corrected chi connectivity index (χ2v) is 4.28. The summed E-state index contributed by atoms with van der Waals surface area (Å²) in [5.41, 5.74) is -0.173. The maximum absolute atomic E-state index is 14.0. The molecule has 0 saturated carbocycles. The van der Waals surface area contributed by atoms with Crippen molar-refractivity contribution in [3.05, 3.63) is 29.1 Å². The van der Waals surface area contributed by atoms with Crippen LogP contribution in [0.4, 0.5) is 18.9 Å². The van der Waals surface area contributed by atoms with Crippen molar-refractivity contribution in [2.24, 2.45) is 0 Å². The number of ether oxygens (including phenoxy) is 1. The highest BCUT2D eigenvalue weighted by molar-refractivity contribution is 9.08. The van der Waals surface area contributed by atoms with Crippen molar-refractivity contribution in [2.45, 2.75) is 5.33 Å². The van der Waals surface area contributed by atoms with E-state index in [1.165, 1.54) is 0 Å². The fourth-order valence-corrected chi connectivity index (χ4v) is 2.29. The Morgan fingerprint density at radius 1 is 1.18 bits per heavy atom. The fourth-order valence-electron chi connectivity index (χ4n) is 1.79. The number of anilines is 1. The molecule has 0 amide bonds. The van der Waals surface area contributed by atoms with E-state index in [1.807, 2.05) is 0 Å². The molecule has 0 aliphatic carbocycles. The maximum Gasteiger partial charge on any atom is 0.165 e. The van der Waals surface area contributed by atoms with E-state index in [1.54, 1.807) is 4.90 Å². The number of halogens is 4. The number of hydrogen-bond donors (Lipinski definition) is 0. The Balaban J connectivity index is 2.42. The highest BCUT2D eigenvalue weighted by atomic mass is 79.9. The summed E-state index contributed by atoms with van der Waals surface area (Å²) in [6.45, 7) is 1.87. The Morgan fingerprint density at radius 3 is 2.41 bits per heavy atom. The van der Waals surface area contributed by atoms with Crippen molar-refractivity contribution in [3.8, 4) is 0 Å². The van der Waals surface area contributed by atoms with Crippen molar-refractivity contribution >= 4 is 21.6 Å². The summed E-state index contributed by atoms with van der Waals surface area (Å²) in [6.07, 6.45) is 0. The molecule has 0 radical (unpaired) electrons. The standard InChI is InChI=1S/C11H11BrF3NO/c12-6-7-10(14)8(13)5-9(11(7)15)16-1-3-17-4-2-16/h5H,1-4,6H2. The number of nitrogens with zero attached hydrogens (tertiary/aromatic N) is 1. The highest BCUT2D eigenvalue weighted by Crippen LogP contribution is 2.28. The third-order valence-electron chi connectivity index (χ3n) is 2.71. The number of morpholine rings is 1. The molecule has 6 heteroatoms. The first-order valence-electron chi connectivity index (χ1n) is 5.20. The minimum absolute atomic E-state index is 0.0558. The van der Waals surface area contributed by atoms with Gasteiger partial charge in [0.25, 0.3) is 0 Å². The Kier molecular flexibility index (Phi) is 3.93. The zero-order chi connectivity index (χ0) is 12.4. The van der Waals surface area contributed by atoms with Gasteiger partial charge in [-0.3, -0.25) is 0 Å². The molecule has 0 N–H and O–H groups in total. The fraction of sp³-hybridized carbons (Fsp3) is 0.455. The summed E-state index contributed by atoms with van der Waals surface area (Å²) in [5, 5.41) is -0.0558. The first-order chi connectivity index (χ1) is 8.15. The lowest BCUT2D eigenvalue weighted by atomic mass is 10.1. The highest BCUT2D eigenvalue weighted by Gasteiger charge is 2.22. The second-order valence-electron chi connectivity index (χ2n) is 3.72. The number of benzene rings is 1. The van der Waals surface area contributed by atoms with Crippen LogP contribution in [-0.4, -0.2) is 26.3 Å². The van der Waals surface area contributed by atoms with Crippen molar-refractivity contribution in [1.29, 1.82) is 0 Å². The van der Waals surface area contributed by atoms with Gasteiger partial charge in [0.15, 0.2) is 17.5 Å². The molecule has 2 rings (SSSR count). The number of alkyl halides is 1. The molecule has 2 nitrogen and oxygen atoms in total. The van der Waals surface area contributed by atoms with Gasteiger partial charge < -0.3 is 9.64 Å². The van der Waals surface area contributed by atoms with Crippen LogP contribution in [0, 0.1) is 17.5 Å². The topological polar surface area (TPSA) is 12.5 Å². The molecule has 1 aliphatic rings. The normalized spacial score (nSPS) is 16.4. The third-order valence-corrected chi connectivity index (χ3v) is 3.27. The summed E-state index contributed by atoms with van der Waals surface area (Å²) in [5.74, 6) is -2.86. The van der Waals surface area contributed by atoms with Gasteiger partial charge >= 0.3 is 0 Å². The van der Waals surface area contributed by atoms with Gasteiger partial charge in [0.2, 0.25) is 0 Å². The largest absolute Gasteiger partial charge is 0.378 e. The third kappa shape index (κ3) is 2.42. The van der Waals surface area contributed by atoms with Gasteiger partial charge in [-0.25, -0.2) is 13.2 Å². The zero-order valence-corrected chi connectivity index (χ0v) is 10.6. The molecule has 0 spiro atoms. The molecule has 1 saturated heterocycles. The van der Waals surface area contributed by atoms with E-state index in [0.717, 1.165) is 6.07 Å². The molecule has 1 heterocycles. The van der Waals surface area contributed by atoms with Gasteiger partial charge in [0.1, 0.15) is 0 Å². The van der Waals surface area contributed by atoms with Crippen LogP contribution in [0.25, 0.3) is 0 Å². The number of hydrogen-bond acceptors (Lipinski definition) is 2. The molecule has 1 aromatic rings. The van der Waals surface area contributed by atoms with Crippen LogP contribution in [0.15, 0.2) is 6.07 Å². The monoisotopic (exact) mass is 309 g/mol. The first-order valence-corrected chi connectivity index (χ1v) is 6.32. The summed E-state index contributed by atoms with van der Waals surface area (Å²) < 4.78 is 45.8. The second kappa shape index (κ2) is 5.27. The predicted molar refractivity (Wildman–Crippen MR) is 62.0 cm³/mol. The average molecular weight is 310 g/mol. The molecular formula is C11H11BrF3NO. The molecule has 0 unspecified atom stereocenters. The van der Waals surface area contributed by atoms with Gasteiger partial charge in [0.05, 0.1) is 18.9 Å². The van der Waals surface area contributed by atoms with Gasteiger partial charge in [-0.15, -0.1) is 0 Å². The van der Waals surface area contributed by atoms with Crippen LogP contribution in [0.2, 0.25) is 0 Å². The van der Waals surface area contributed by atoms with E-state index >= 15 is 0 Å². The summed E-state index contributed by atoms with van der Waals surface area (Å²) >= 11 is 2.96. The molecular weight excluding hydrogens is 299 g/mol. The van der Waals surface area contributed by atoms with Crippen molar-refractivity contribution in [2.75, 3.05) is 31.2 Å². The number of rotatable bonds is 2. The van der Waals surface area contributed by atoms with Gasteiger partial charge in [-0.05, 0) is 0 Å². The Hall–Kier alpha value is -0.750. The molecule has 1 fully saturated rings.